The Morgan fingerprint density at radius 2 is 2.10 bits per heavy atom. The van der Waals surface area contributed by atoms with Crippen LogP contribution in [-0.4, -0.2) is 23.2 Å². The Bertz CT molecular complexity index is 448. The molecule has 2 fully saturated rings. The summed E-state index contributed by atoms with van der Waals surface area (Å²) in [7, 11) is 0. The fraction of sp³-hybridized carbons (Fsp3) is 0.875. The van der Waals surface area contributed by atoms with E-state index in [1.165, 1.54) is 32.1 Å². The number of hydrogen-bond acceptors (Lipinski definition) is 4. The van der Waals surface area contributed by atoms with Crippen molar-refractivity contribution in [1.29, 1.82) is 0 Å². The van der Waals surface area contributed by atoms with Gasteiger partial charge in [0, 0.05) is 11.3 Å². The summed E-state index contributed by atoms with van der Waals surface area (Å²) in [6.07, 6.45) is 6.22. The van der Waals surface area contributed by atoms with Crippen molar-refractivity contribution in [1.82, 2.24) is 15.5 Å². The monoisotopic (exact) mass is 277 g/mol. The van der Waals surface area contributed by atoms with Gasteiger partial charge < -0.3 is 9.84 Å². The lowest BCUT2D eigenvalue weighted by molar-refractivity contribution is 0.196. The van der Waals surface area contributed by atoms with Crippen molar-refractivity contribution in [2.75, 3.05) is 13.1 Å². The molecule has 20 heavy (non-hydrogen) atoms. The summed E-state index contributed by atoms with van der Waals surface area (Å²) in [5, 5.41) is 7.78. The Kier molecular flexibility index (Phi) is 3.85. The third kappa shape index (κ3) is 2.62. The highest BCUT2D eigenvalue weighted by Gasteiger charge is 2.38. The number of piperidine rings is 1. The molecule has 3 unspecified atom stereocenters. The molecule has 0 bridgehead atoms. The molecule has 2 aliphatic rings. The predicted octanol–water partition coefficient (Wildman–Crippen LogP) is 3.25. The lowest BCUT2D eigenvalue weighted by Gasteiger charge is -2.34. The number of aromatic nitrogens is 2. The fourth-order valence-electron chi connectivity index (χ4n) is 3.75. The molecular formula is C16H27N3O. The van der Waals surface area contributed by atoms with Crippen molar-refractivity contribution >= 4 is 0 Å². The van der Waals surface area contributed by atoms with Gasteiger partial charge in [-0.05, 0) is 57.0 Å². The summed E-state index contributed by atoms with van der Waals surface area (Å²) in [5.41, 5.74) is -0.0249. The average molecular weight is 277 g/mol. The SMILES string of the molecule is CC1CCC(c2noc(C(C)(C)C3CCCNC3)n2)C1. The van der Waals surface area contributed by atoms with E-state index in [2.05, 4.69) is 31.2 Å². The molecule has 1 N–H and O–H groups in total. The molecule has 1 aromatic heterocycles. The minimum Gasteiger partial charge on any atom is -0.339 e. The van der Waals surface area contributed by atoms with Crippen LogP contribution in [0.4, 0.5) is 0 Å². The molecule has 0 amide bonds. The average Bonchev–Trinajstić information content (AvgIpc) is 3.08. The summed E-state index contributed by atoms with van der Waals surface area (Å²) in [4.78, 5) is 4.77. The molecule has 112 valence electrons. The van der Waals surface area contributed by atoms with Crippen LogP contribution in [0, 0.1) is 11.8 Å². The van der Waals surface area contributed by atoms with E-state index in [-0.39, 0.29) is 5.41 Å². The summed E-state index contributed by atoms with van der Waals surface area (Å²) in [6.45, 7) is 9.02. The van der Waals surface area contributed by atoms with Crippen LogP contribution in [0.2, 0.25) is 0 Å². The zero-order chi connectivity index (χ0) is 14.2. The molecule has 0 radical (unpaired) electrons. The van der Waals surface area contributed by atoms with E-state index in [1.54, 1.807) is 0 Å². The highest BCUT2D eigenvalue weighted by molar-refractivity contribution is 5.08. The molecule has 1 aliphatic carbocycles. The number of hydrogen-bond donors (Lipinski definition) is 1. The molecule has 1 saturated heterocycles. The molecule has 2 heterocycles. The molecule has 0 spiro atoms. The zero-order valence-electron chi connectivity index (χ0n) is 13.0. The predicted molar refractivity (Wildman–Crippen MR) is 78.7 cm³/mol. The van der Waals surface area contributed by atoms with Crippen molar-refractivity contribution in [2.45, 2.75) is 64.2 Å². The summed E-state index contributed by atoms with van der Waals surface area (Å²) in [6, 6.07) is 0. The van der Waals surface area contributed by atoms with Crippen molar-refractivity contribution in [3.8, 4) is 0 Å². The molecule has 1 saturated carbocycles. The lowest BCUT2D eigenvalue weighted by atomic mass is 9.75. The highest BCUT2D eigenvalue weighted by atomic mass is 16.5. The van der Waals surface area contributed by atoms with Gasteiger partial charge in [0.15, 0.2) is 5.82 Å². The van der Waals surface area contributed by atoms with Crippen LogP contribution in [0.1, 0.15) is 70.5 Å². The van der Waals surface area contributed by atoms with Gasteiger partial charge in [-0.3, -0.25) is 0 Å². The van der Waals surface area contributed by atoms with Crippen LogP contribution in [0.5, 0.6) is 0 Å². The third-order valence-corrected chi connectivity index (χ3v) is 5.37. The molecule has 4 heteroatoms. The maximum Gasteiger partial charge on any atom is 0.232 e. The largest absolute Gasteiger partial charge is 0.339 e. The lowest BCUT2D eigenvalue weighted by Crippen LogP contribution is -2.41. The number of nitrogens with one attached hydrogen (secondary N) is 1. The van der Waals surface area contributed by atoms with Crippen molar-refractivity contribution in [2.24, 2.45) is 11.8 Å². The summed E-state index contributed by atoms with van der Waals surface area (Å²) in [5.74, 6) is 3.69. The van der Waals surface area contributed by atoms with Crippen molar-refractivity contribution < 1.29 is 4.52 Å². The molecule has 1 aromatic rings. The first-order valence-electron chi connectivity index (χ1n) is 8.12. The van der Waals surface area contributed by atoms with Crippen LogP contribution in [0.15, 0.2) is 4.52 Å². The quantitative estimate of drug-likeness (QED) is 0.921. The smallest absolute Gasteiger partial charge is 0.232 e. The van der Waals surface area contributed by atoms with Gasteiger partial charge in [-0.1, -0.05) is 25.9 Å². The molecule has 1 aliphatic heterocycles. The maximum atomic E-state index is 5.64. The second kappa shape index (κ2) is 5.47. The van der Waals surface area contributed by atoms with Gasteiger partial charge >= 0.3 is 0 Å². The van der Waals surface area contributed by atoms with Crippen LogP contribution in [0.25, 0.3) is 0 Å². The molecule has 3 rings (SSSR count). The molecule has 4 nitrogen and oxygen atoms in total. The first-order valence-corrected chi connectivity index (χ1v) is 8.12. The van der Waals surface area contributed by atoms with E-state index in [9.17, 15) is 0 Å². The third-order valence-electron chi connectivity index (χ3n) is 5.37. The first-order chi connectivity index (χ1) is 9.57. The second-order valence-electron chi connectivity index (χ2n) is 7.34. The van der Waals surface area contributed by atoms with Gasteiger partial charge in [-0.25, -0.2) is 0 Å². The Morgan fingerprint density at radius 1 is 1.25 bits per heavy atom. The van der Waals surface area contributed by atoms with Gasteiger partial charge in [-0.15, -0.1) is 0 Å². The van der Waals surface area contributed by atoms with Crippen LogP contribution >= 0.6 is 0 Å². The first kappa shape index (κ1) is 14.1. The topological polar surface area (TPSA) is 51.0 Å². The molecule has 0 aromatic carbocycles. The van der Waals surface area contributed by atoms with Gasteiger partial charge in [0.25, 0.3) is 0 Å². The fourth-order valence-corrected chi connectivity index (χ4v) is 3.75. The number of rotatable bonds is 3. The van der Waals surface area contributed by atoms with E-state index in [0.717, 1.165) is 30.7 Å². The zero-order valence-corrected chi connectivity index (χ0v) is 13.0. The minimum absolute atomic E-state index is 0.0249. The van der Waals surface area contributed by atoms with Crippen LogP contribution in [-0.2, 0) is 5.41 Å². The van der Waals surface area contributed by atoms with E-state index in [4.69, 9.17) is 9.51 Å². The molecule has 3 atom stereocenters. The van der Waals surface area contributed by atoms with Gasteiger partial charge in [0.1, 0.15) is 0 Å². The maximum absolute atomic E-state index is 5.64. The van der Waals surface area contributed by atoms with Crippen LogP contribution in [0.3, 0.4) is 0 Å². The second-order valence-corrected chi connectivity index (χ2v) is 7.34. The summed E-state index contributed by atoms with van der Waals surface area (Å²) >= 11 is 0. The Balaban J connectivity index is 1.74. The van der Waals surface area contributed by atoms with Crippen LogP contribution < -0.4 is 5.32 Å². The van der Waals surface area contributed by atoms with E-state index in [0.29, 0.717) is 11.8 Å². The number of nitrogens with zero attached hydrogens (tertiary/aromatic N) is 2. The minimum atomic E-state index is -0.0249. The van der Waals surface area contributed by atoms with Gasteiger partial charge in [-0.2, -0.15) is 4.98 Å². The normalized spacial score (nSPS) is 31.6. The standard InChI is InChI=1S/C16H27N3O/c1-11-6-7-12(9-11)14-18-15(20-19-14)16(2,3)13-5-4-8-17-10-13/h11-13,17H,4-10H2,1-3H3. The Morgan fingerprint density at radius 3 is 2.75 bits per heavy atom. The van der Waals surface area contributed by atoms with Gasteiger partial charge in [0.05, 0.1) is 0 Å². The van der Waals surface area contributed by atoms with E-state index < -0.39 is 0 Å². The molecular weight excluding hydrogens is 250 g/mol. The van der Waals surface area contributed by atoms with Gasteiger partial charge in [0.2, 0.25) is 5.89 Å². The Hall–Kier alpha value is -0.900. The Labute approximate surface area is 121 Å². The highest BCUT2D eigenvalue weighted by Crippen LogP contribution is 2.39. The van der Waals surface area contributed by atoms with Crippen molar-refractivity contribution in [3.05, 3.63) is 11.7 Å². The van der Waals surface area contributed by atoms with E-state index >= 15 is 0 Å². The van der Waals surface area contributed by atoms with Crippen molar-refractivity contribution in [3.63, 3.8) is 0 Å². The van der Waals surface area contributed by atoms with E-state index in [1.807, 2.05) is 0 Å². The summed E-state index contributed by atoms with van der Waals surface area (Å²) < 4.78 is 5.64.